The highest BCUT2D eigenvalue weighted by Crippen LogP contribution is 2.09. The molecule has 108 valence electrons. The Morgan fingerprint density at radius 1 is 1.20 bits per heavy atom. The lowest BCUT2D eigenvalue weighted by atomic mass is 10.3. The van der Waals surface area contributed by atoms with Gasteiger partial charge in [-0.3, -0.25) is 0 Å². The molecule has 0 aliphatic carbocycles. The van der Waals surface area contributed by atoms with Crippen LogP contribution in [0.4, 0.5) is 5.95 Å². The van der Waals surface area contributed by atoms with E-state index in [-0.39, 0.29) is 0 Å². The van der Waals surface area contributed by atoms with Gasteiger partial charge in [-0.1, -0.05) is 23.3 Å². The van der Waals surface area contributed by atoms with E-state index in [1.165, 1.54) is 0 Å². The fourth-order valence-electron chi connectivity index (χ4n) is 1.62. The largest absolute Gasteiger partial charge is 0.378 e. The van der Waals surface area contributed by atoms with Crippen molar-refractivity contribution >= 4 is 5.95 Å². The van der Waals surface area contributed by atoms with Crippen LogP contribution in [0.5, 0.6) is 0 Å². The van der Waals surface area contributed by atoms with E-state index in [4.69, 9.17) is 4.74 Å². The maximum Gasteiger partial charge on any atom is 0.247 e. The number of hydrogen-bond donors (Lipinski definition) is 1. The molecule has 0 amide bonds. The molecular formula is C13H20N6O. The average Bonchev–Trinajstić information content (AvgIpc) is 2.92. The summed E-state index contributed by atoms with van der Waals surface area (Å²) in [7, 11) is 4.05. The number of para-hydroxylation sites is 1. The zero-order chi connectivity index (χ0) is 14.2. The van der Waals surface area contributed by atoms with Crippen molar-refractivity contribution in [2.75, 3.05) is 45.7 Å². The molecule has 0 saturated carbocycles. The third-order valence-corrected chi connectivity index (χ3v) is 2.68. The van der Waals surface area contributed by atoms with Gasteiger partial charge in [0.15, 0.2) is 0 Å². The van der Waals surface area contributed by atoms with Crippen LogP contribution in [-0.4, -0.2) is 65.5 Å². The Labute approximate surface area is 118 Å². The fourth-order valence-corrected chi connectivity index (χ4v) is 1.62. The minimum Gasteiger partial charge on any atom is -0.378 e. The van der Waals surface area contributed by atoms with Crippen molar-refractivity contribution in [1.82, 2.24) is 25.1 Å². The number of hydrogen-bond acceptors (Lipinski definition) is 6. The van der Waals surface area contributed by atoms with Crippen LogP contribution in [0.25, 0.3) is 5.69 Å². The molecule has 7 nitrogen and oxygen atoms in total. The van der Waals surface area contributed by atoms with Gasteiger partial charge in [-0.25, -0.2) is 0 Å². The fraction of sp³-hybridized carbons (Fsp3) is 0.462. The molecule has 0 unspecified atom stereocenters. The number of nitrogens with zero attached hydrogens (tertiary/aromatic N) is 5. The van der Waals surface area contributed by atoms with Crippen LogP contribution < -0.4 is 5.32 Å². The summed E-state index contributed by atoms with van der Waals surface area (Å²) in [6, 6.07) is 9.76. The summed E-state index contributed by atoms with van der Waals surface area (Å²) in [5.41, 5.74) is 0.925. The van der Waals surface area contributed by atoms with Crippen molar-refractivity contribution in [2.24, 2.45) is 0 Å². The van der Waals surface area contributed by atoms with Crippen LogP contribution in [0.3, 0.4) is 0 Å². The third-order valence-electron chi connectivity index (χ3n) is 2.68. The second kappa shape index (κ2) is 7.56. The first-order valence-corrected chi connectivity index (χ1v) is 6.57. The minimum atomic E-state index is 0.618. The summed E-state index contributed by atoms with van der Waals surface area (Å²) in [4.78, 5) is 2.09. The summed E-state index contributed by atoms with van der Waals surface area (Å²) < 4.78 is 7.17. The number of benzene rings is 1. The SMILES string of the molecule is CN(C)CCOCCNc1nnnn1-c1ccccc1. The molecule has 2 rings (SSSR count). The average molecular weight is 276 g/mol. The molecule has 0 aliphatic heterocycles. The lowest BCUT2D eigenvalue weighted by molar-refractivity contribution is 0.126. The van der Waals surface area contributed by atoms with E-state index in [1.54, 1.807) is 4.68 Å². The molecule has 0 spiro atoms. The van der Waals surface area contributed by atoms with Crippen LogP contribution in [0, 0.1) is 0 Å². The topological polar surface area (TPSA) is 68.1 Å². The number of anilines is 1. The Morgan fingerprint density at radius 2 is 2.00 bits per heavy atom. The second-order valence-electron chi connectivity index (χ2n) is 4.59. The first-order valence-electron chi connectivity index (χ1n) is 6.57. The van der Waals surface area contributed by atoms with Gasteiger partial charge in [-0.05, 0) is 36.7 Å². The van der Waals surface area contributed by atoms with Crippen molar-refractivity contribution in [1.29, 1.82) is 0 Å². The summed E-state index contributed by atoms with van der Waals surface area (Å²) in [6.07, 6.45) is 0. The second-order valence-corrected chi connectivity index (χ2v) is 4.59. The van der Waals surface area contributed by atoms with E-state index in [1.807, 2.05) is 44.4 Å². The standard InChI is InChI=1S/C13H20N6O/c1-18(2)9-11-20-10-8-14-13-15-16-17-19(13)12-6-4-3-5-7-12/h3-7H,8-11H2,1-2H3,(H,14,15,17). The van der Waals surface area contributed by atoms with E-state index in [9.17, 15) is 0 Å². The molecule has 0 bridgehead atoms. The van der Waals surface area contributed by atoms with Gasteiger partial charge in [0.2, 0.25) is 5.95 Å². The molecule has 0 radical (unpaired) electrons. The van der Waals surface area contributed by atoms with E-state index >= 15 is 0 Å². The first-order chi connectivity index (χ1) is 9.77. The Balaban J connectivity index is 1.78. The van der Waals surface area contributed by atoms with E-state index in [0.717, 1.165) is 18.8 Å². The van der Waals surface area contributed by atoms with Gasteiger partial charge in [0.25, 0.3) is 0 Å². The van der Waals surface area contributed by atoms with Gasteiger partial charge in [0.1, 0.15) is 0 Å². The maximum absolute atomic E-state index is 5.51. The van der Waals surface area contributed by atoms with E-state index in [2.05, 4.69) is 25.7 Å². The molecule has 1 aromatic carbocycles. The van der Waals surface area contributed by atoms with Gasteiger partial charge < -0.3 is 15.0 Å². The van der Waals surface area contributed by atoms with Crippen LogP contribution in [0.2, 0.25) is 0 Å². The Bertz CT molecular complexity index is 499. The Morgan fingerprint density at radius 3 is 2.75 bits per heavy atom. The lowest BCUT2D eigenvalue weighted by Crippen LogP contribution is -2.20. The van der Waals surface area contributed by atoms with Crippen molar-refractivity contribution in [3.63, 3.8) is 0 Å². The molecule has 1 heterocycles. The van der Waals surface area contributed by atoms with Crippen molar-refractivity contribution in [2.45, 2.75) is 0 Å². The highest BCUT2D eigenvalue weighted by atomic mass is 16.5. The van der Waals surface area contributed by atoms with Gasteiger partial charge in [-0.15, -0.1) is 0 Å². The van der Waals surface area contributed by atoms with Crippen molar-refractivity contribution in [3.8, 4) is 5.69 Å². The number of ether oxygens (including phenoxy) is 1. The number of rotatable bonds is 8. The highest BCUT2D eigenvalue weighted by Gasteiger charge is 2.06. The minimum absolute atomic E-state index is 0.618. The predicted octanol–water partition coefficient (Wildman–Crippen LogP) is 0.652. The Hall–Kier alpha value is -1.99. The molecule has 1 aromatic heterocycles. The van der Waals surface area contributed by atoms with Gasteiger partial charge in [0, 0.05) is 13.1 Å². The number of nitrogens with one attached hydrogen (secondary N) is 1. The van der Waals surface area contributed by atoms with Crippen molar-refractivity contribution in [3.05, 3.63) is 30.3 Å². The maximum atomic E-state index is 5.51. The molecular weight excluding hydrogens is 256 g/mol. The summed E-state index contributed by atoms with van der Waals surface area (Å²) >= 11 is 0. The normalized spacial score (nSPS) is 10.9. The van der Waals surface area contributed by atoms with Gasteiger partial charge in [-0.2, -0.15) is 4.68 Å². The molecule has 1 N–H and O–H groups in total. The van der Waals surface area contributed by atoms with Crippen LogP contribution >= 0.6 is 0 Å². The quantitative estimate of drug-likeness (QED) is 0.714. The van der Waals surface area contributed by atoms with Gasteiger partial charge >= 0.3 is 0 Å². The monoisotopic (exact) mass is 276 g/mol. The zero-order valence-corrected chi connectivity index (χ0v) is 11.9. The molecule has 2 aromatic rings. The van der Waals surface area contributed by atoms with Gasteiger partial charge in [0.05, 0.1) is 18.9 Å². The molecule has 20 heavy (non-hydrogen) atoms. The number of likely N-dealkylation sites (N-methyl/N-ethyl adjacent to an activating group) is 1. The smallest absolute Gasteiger partial charge is 0.247 e. The summed E-state index contributed by atoms with van der Waals surface area (Å²) in [6.45, 7) is 2.93. The number of aromatic nitrogens is 4. The Kier molecular flexibility index (Phi) is 5.45. The van der Waals surface area contributed by atoms with E-state index < -0.39 is 0 Å². The zero-order valence-electron chi connectivity index (χ0n) is 11.9. The molecule has 0 aliphatic rings. The number of tetrazole rings is 1. The highest BCUT2D eigenvalue weighted by molar-refractivity contribution is 5.38. The van der Waals surface area contributed by atoms with Crippen LogP contribution in [0.1, 0.15) is 0 Å². The van der Waals surface area contributed by atoms with E-state index in [0.29, 0.717) is 19.1 Å². The third kappa shape index (κ3) is 4.29. The predicted molar refractivity (Wildman–Crippen MR) is 77.0 cm³/mol. The summed E-state index contributed by atoms with van der Waals surface area (Å²) in [5.74, 6) is 0.618. The lowest BCUT2D eigenvalue weighted by Gasteiger charge is -2.10. The first kappa shape index (κ1) is 14.4. The summed E-state index contributed by atoms with van der Waals surface area (Å²) in [5, 5.41) is 14.8. The van der Waals surface area contributed by atoms with Crippen LogP contribution in [0.15, 0.2) is 30.3 Å². The molecule has 0 saturated heterocycles. The van der Waals surface area contributed by atoms with Crippen molar-refractivity contribution < 1.29 is 4.74 Å². The molecule has 7 heteroatoms. The van der Waals surface area contributed by atoms with Crippen LogP contribution in [-0.2, 0) is 4.74 Å². The molecule has 0 atom stereocenters. The molecule has 0 fully saturated rings.